The maximum atomic E-state index is 5.98. The van der Waals surface area contributed by atoms with Gasteiger partial charge in [0.2, 0.25) is 0 Å². The van der Waals surface area contributed by atoms with Gasteiger partial charge in [-0.05, 0) is 32.8 Å². The molecule has 0 saturated heterocycles. The second kappa shape index (κ2) is 3.49. The van der Waals surface area contributed by atoms with Gasteiger partial charge in [0, 0.05) is 4.47 Å². The van der Waals surface area contributed by atoms with Gasteiger partial charge in [-0.2, -0.15) is 0 Å². The quantitative estimate of drug-likeness (QED) is 0.600. The fourth-order valence-electron chi connectivity index (χ4n) is 1.25. The lowest BCUT2D eigenvalue weighted by Crippen LogP contribution is -1.77. The van der Waals surface area contributed by atoms with Crippen LogP contribution in [0, 0.1) is 0 Å². The van der Waals surface area contributed by atoms with Crippen LogP contribution in [0.4, 0.5) is 0 Å². The molecule has 0 N–H and O–H groups in total. The highest BCUT2D eigenvalue weighted by Gasteiger charge is 2.06. The summed E-state index contributed by atoms with van der Waals surface area (Å²) in [6, 6.07) is 9.81. The van der Waals surface area contributed by atoms with Gasteiger partial charge >= 0.3 is 0 Å². The largest absolute Gasteiger partial charge is 0.0826 e. The molecule has 0 saturated carbocycles. The predicted molar refractivity (Wildman–Crippen MR) is 61.7 cm³/mol. The van der Waals surface area contributed by atoms with Gasteiger partial charge < -0.3 is 0 Å². The van der Waals surface area contributed by atoms with E-state index in [1.807, 2.05) is 30.3 Å². The summed E-state index contributed by atoms with van der Waals surface area (Å²) in [4.78, 5) is 0. The molecular weight excluding hydrogens is 271 g/mol. The summed E-state index contributed by atoms with van der Waals surface area (Å²) in [5, 5.41) is 3.31. The van der Waals surface area contributed by atoms with Crippen molar-refractivity contribution >= 4 is 49.9 Å². The highest BCUT2D eigenvalue weighted by atomic mass is 79.9. The molecule has 66 valence electrons. The molecule has 0 nitrogen and oxygen atoms in total. The van der Waals surface area contributed by atoms with Gasteiger partial charge in [-0.1, -0.05) is 47.5 Å². The molecule has 0 spiro atoms. The zero-order valence-electron chi connectivity index (χ0n) is 6.52. The highest BCUT2D eigenvalue weighted by Crippen LogP contribution is 2.36. The highest BCUT2D eigenvalue weighted by molar-refractivity contribution is 9.10. The average molecular weight is 276 g/mol. The van der Waals surface area contributed by atoms with Crippen molar-refractivity contribution in [2.45, 2.75) is 0 Å². The predicted octanol–water partition coefficient (Wildman–Crippen LogP) is 4.91. The van der Waals surface area contributed by atoms with E-state index in [0.29, 0.717) is 10.0 Å². The number of benzene rings is 2. The van der Waals surface area contributed by atoms with Crippen LogP contribution < -0.4 is 0 Å². The maximum absolute atomic E-state index is 5.98. The van der Waals surface area contributed by atoms with Crippen molar-refractivity contribution < 1.29 is 0 Å². The van der Waals surface area contributed by atoms with E-state index < -0.39 is 0 Å². The van der Waals surface area contributed by atoms with Crippen molar-refractivity contribution in [2.75, 3.05) is 0 Å². The third-order valence-corrected chi connectivity index (χ3v) is 3.72. The minimum Gasteiger partial charge on any atom is -0.0826 e. The van der Waals surface area contributed by atoms with Crippen LogP contribution in [-0.2, 0) is 0 Å². The first-order chi connectivity index (χ1) is 6.20. The number of halogens is 3. The van der Waals surface area contributed by atoms with Gasteiger partial charge in [-0.25, -0.2) is 0 Å². The van der Waals surface area contributed by atoms with E-state index in [1.54, 1.807) is 0 Å². The Labute approximate surface area is 94.6 Å². The first-order valence-electron chi connectivity index (χ1n) is 3.72. The molecular formula is C10H5BrCl2. The summed E-state index contributed by atoms with van der Waals surface area (Å²) in [6.07, 6.45) is 0. The van der Waals surface area contributed by atoms with Crippen LogP contribution in [0.25, 0.3) is 10.8 Å². The molecule has 13 heavy (non-hydrogen) atoms. The van der Waals surface area contributed by atoms with Crippen LogP contribution in [0.2, 0.25) is 10.0 Å². The minimum absolute atomic E-state index is 0.570. The van der Waals surface area contributed by atoms with E-state index in [4.69, 9.17) is 23.2 Å². The van der Waals surface area contributed by atoms with Crippen molar-refractivity contribution in [1.82, 2.24) is 0 Å². The molecule has 0 amide bonds. The molecule has 0 atom stereocenters. The zero-order chi connectivity index (χ0) is 9.42. The van der Waals surface area contributed by atoms with E-state index in [9.17, 15) is 0 Å². The van der Waals surface area contributed by atoms with Crippen molar-refractivity contribution in [3.8, 4) is 0 Å². The first-order valence-corrected chi connectivity index (χ1v) is 5.27. The first kappa shape index (κ1) is 9.32. The Morgan fingerprint density at radius 2 is 1.77 bits per heavy atom. The van der Waals surface area contributed by atoms with Crippen LogP contribution in [-0.4, -0.2) is 0 Å². The van der Waals surface area contributed by atoms with Gasteiger partial charge in [0.1, 0.15) is 0 Å². The van der Waals surface area contributed by atoms with Crippen LogP contribution in [0.1, 0.15) is 0 Å². The van der Waals surface area contributed by atoms with E-state index in [1.165, 1.54) is 0 Å². The summed E-state index contributed by atoms with van der Waals surface area (Å²) < 4.78 is 0.859. The van der Waals surface area contributed by atoms with Crippen LogP contribution >= 0.6 is 39.1 Å². The maximum Gasteiger partial charge on any atom is 0.0740 e. The lowest BCUT2D eigenvalue weighted by Gasteiger charge is -2.04. The summed E-state index contributed by atoms with van der Waals surface area (Å²) in [7, 11) is 0. The molecule has 2 aromatic rings. The van der Waals surface area contributed by atoms with Crippen LogP contribution in [0.15, 0.2) is 34.8 Å². The van der Waals surface area contributed by atoms with Gasteiger partial charge in [-0.15, -0.1) is 0 Å². The van der Waals surface area contributed by atoms with Crippen molar-refractivity contribution in [1.29, 1.82) is 0 Å². The molecule has 0 aromatic heterocycles. The molecule has 0 bridgehead atoms. The number of rotatable bonds is 0. The Balaban J connectivity index is 2.94. The number of hydrogen-bond donors (Lipinski definition) is 0. The molecule has 0 aliphatic rings. The van der Waals surface area contributed by atoms with E-state index >= 15 is 0 Å². The topological polar surface area (TPSA) is 0 Å². The molecule has 0 aliphatic heterocycles. The number of hydrogen-bond acceptors (Lipinski definition) is 0. The van der Waals surface area contributed by atoms with E-state index in [2.05, 4.69) is 15.9 Å². The molecule has 0 heterocycles. The Bertz CT molecular complexity index is 466. The molecule has 2 rings (SSSR count). The van der Waals surface area contributed by atoms with E-state index in [-0.39, 0.29) is 0 Å². The van der Waals surface area contributed by atoms with Gasteiger partial charge in [0.05, 0.1) is 10.0 Å². The molecule has 2 aromatic carbocycles. The third-order valence-electron chi connectivity index (χ3n) is 1.88. The van der Waals surface area contributed by atoms with Crippen molar-refractivity contribution in [2.24, 2.45) is 0 Å². The fraction of sp³-hybridized carbons (Fsp3) is 0. The van der Waals surface area contributed by atoms with Gasteiger partial charge in [0.15, 0.2) is 0 Å². The van der Waals surface area contributed by atoms with Crippen LogP contribution in [0.3, 0.4) is 0 Å². The monoisotopic (exact) mass is 274 g/mol. The second-order valence-electron chi connectivity index (χ2n) is 2.71. The standard InChI is InChI=1S/C10H5BrCl2/c11-9-7-4-2-1-3-6(7)5-8(12)10(9)13/h1-5H. The summed E-state index contributed by atoms with van der Waals surface area (Å²) >= 11 is 15.3. The van der Waals surface area contributed by atoms with Crippen LogP contribution in [0.5, 0.6) is 0 Å². The fourth-order valence-corrected chi connectivity index (χ4v) is 2.30. The lowest BCUT2D eigenvalue weighted by molar-refractivity contribution is 1.70. The molecule has 3 heteroatoms. The Morgan fingerprint density at radius 3 is 2.54 bits per heavy atom. The Hall–Kier alpha value is -0.240. The lowest BCUT2D eigenvalue weighted by atomic mass is 10.1. The summed E-state index contributed by atoms with van der Waals surface area (Å²) in [6.45, 7) is 0. The SMILES string of the molecule is Clc1cc2ccccc2c(Br)c1Cl. The van der Waals surface area contributed by atoms with E-state index in [0.717, 1.165) is 15.2 Å². The summed E-state index contributed by atoms with van der Waals surface area (Å²) in [5.74, 6) is 0. The van der Waals surface area contributed by atoms with Crippen molar-refractivity contribution in [3.05, 3.63) is 44.8 Å². The molecule has 0 radical (unpaired) electrons. The smallest absolute Gasteiger partial charge is 0.0740 e. The van der Waals surface area contributed by atoms with Gasteiger partial charge in [0.25, 0.3) is 0 Å². The number of fused-ring (bicyclic) bond motifs is 1. The third kappa shape index (κ3) is 1.56. The Kier molecular flexibility index (Phi) is 2.50. The molecule has 0 aliphatic carbocycles. The summed E-state index contributed by atoms with van der Waals surface area (Å²) in [5.41, 5.74) is 0. The van der Waals surface area contributed by atoms with Crippen molar-refractivity contribution in [3.63, 3.8) is 0 Å². The normalized spacial score (nSPS) is 10.7. The average Bonchev–Trinajstić information content (AvgIpc) is 2.15. The zero-order valence-corrected chi connectivity index (χ0v) is 9.62. The second-order valence-corrected chi connectivity index (χ2v) is 4.29. The minimum atomic E-state index is 0.570. The Morgan fingerprint density at radius 1 is 1.08 bits per heavy atom. The molecule has 0 fully saturated rings. The van der Waals surface area contributed by atoms with Gasteiger partial charge in [-0.3, -0.25) is 0 Å². The molecule has 0 unspecified atom stereocenters.